The number of aromatic nitrogens is 12. The molecule has 72 heavy (non-hydrogen) atoms. The first-order chi connectivity index (χ1) is 35.2. The van der Waals surface area contributed by atoms with Crippen LogP contribution in [-0.2, 0) is 28.2 Å². The molecule has 4 aromatic carbocycles. The molecule has 0 saturated heterocycles. The van der Waals surface area contributed by atoms with Crippen LogP contribution in [0.4, 0.5) is 0 Å². The minimum Gasteiger partial charge on any atom is -0.451 e. The summed E-state index contributed by atoms with van der Waals surface area (Å²) in [4.78, 5) is 38.6. The molecular formula is C56H42N12O4+4. The number of H-pyrrole nitrogens is 2. The quantitative estimate of drug-likeness (QED) is 0.141. The van der Waals surface area contributed by atoms with Gasteiger partial charge in [0.2, 0.25) is 24.8 Å². The van der Waals surface area contributed by atoms with Gasteiger partial charge in [0, 0.05) is 68.1 Å². The molecule has 0 spiro atoms. The fourth-order valence-corrected chi connectivity index (χ4v) is 8.99. The van der Waals surface area contributed by atoms with Crippen molar-refractivity contribution in [3.05, 3.63) is 171 Å². The number of hydrogen-bond acceptors (Lipinski definition) is 10. The molecular weight excluding hydrogens is 905 g/mol. The van der Waals surface area contributed by atoms with Gasteiger partial charge in [-0.25, -0.2) is 48.2 Å². The highest BCUT2D eigenvalue weighted by Gasteiger charge is 2.25. The maximum atomic E-state index is 6.41. The van der Waals surface area contributed by atoms with Crippen LogP contribution >= 0.6 is 0 Å². The van der Waals surface area contributed by atoms with Gasteiger partial charge in [0.15, 0.2) is 71.1 Å². The number of aromatic amines is 2. The fourth-order valence-electron chi connectivity index (χ4n) is 8.99. The van der Waals surface area contributed by atoms with Crippen LogP contribution in [0.3, 0.4) is 0 Å². The summed E-state index contributed by atoms with van der Waals surface area (Å²) in [6.45, 7) is 0. The lowest BCUT2D eigenvalue weighted by molar-refractivity contribution is -0.671. The summed E-state index contributed by atoms with van der Waals surface area (Å²) in [6, 6.07) is 38.7. The number of pyridine rings is 4. The molecule has 0 saturated carbocycles. The predicted octanol–water partition coefficient (Wildman–Crippen LogP) is 9.34. The average molecular weight is 947 g/mol. The highest BCUT2D eigenvalue weighted by Crippen LogP contribution is 2.41. The van der Waals surface area contributed by atoms with Crippen LogP contribution in [0.5, 0.6) is 46.0 Å². The van der Waals surface area contributed by atoms with Gasteiger partial charge >= 0.3 is 0 Å². The number of rotatable bonds is 8. The highest BCUT2D eigenvalue weighted by molar-refractivity contribution is 6.07. The van der Waals surface area contributed by atoms with E-state index < -0.39 is 0 Å². The second-order valence-electron chi connectivity index (χ2n) is 17.7. The molecule has 16 heteroatoms. The molecule has 2 aliphatic heterocycles. The van der Waals surface area contributed by atoms with E-state index in [2.05, 4.69) is 9.97 Å². The molecule has 0 atom stereocenters. The van der Waals surface area contributed by atoms with Gasteiger partial charge in [-0.3, -0.25) is 0 Å². The van der Waals surface area contributed by atoms with Crippen molar-refractivity contribution in [2.24, 2.45) is 28.2 Å². The van der Waals surface area contributed by atoms with Gasteiger partial charge in [0.25, 0.3) is 0 Å². The molecule has 0 aliphatic carbocycles. The Morgan fingerprint density at radius 3 is 0.958 bits per heavy atom. The first-order valence-corrected chi connectivity index (χ1v) is 23.1. The fraction of sp³-hybridized carbons (Fsp3) is 0.0714. The molecule has 8 bridgehead atoms. The van der Waals surface area contributed by atoms with E-state index in [0.717, 1.165) is 43.8 Å². The molecule has 0 radical (unpaired) electrons. The van der Waals surface area contributed by atoms with Crippen molar-refractivity contribution in [2.75, 3.05) is 0 Å². The van der Waals surface area contributed by atoms with Crippen LogP contribution < -0.4 is 37.2 Å². The van der Waals surface area contributed by atoms with Crippen molar-refractivity contribution in [1.82, 2.24) is 39.9 Å². The van der Waals surface area contributed by atoms with Crippen molar-refractivity contribution in [2.45, 2.75) is 0 Å². The van der Waals surface area contributed by atoms with Gasteiger partial charge in [-0.1, -0.05) is 0 Å². The van der Waals surface area contributed by atoms with Gasteiger partial charge in [-0.15, -0.1) is 0 Å². The van der Waals surface area contributed by atoms with E-state index in [1.165, 1.54) is 0 Å². The topological polar surface area (TPSA) is 161 Å². The van der Waals surface area contributed by atoms with Gasteiger partial charge in [-0.2, -0.15) is 0 Å². The second-order valence-corrected chi connectivity index (χ2v) is 17.7. The molecule has 0 fully saturated rings. The van der Waals surface area contributed by atoms with Gasteiger partial charge in [0.1, 0.15) is 73.8 Å². The van der Waals surface area contributed by atoms with Crippen LogP contribution in [-0.4, -0.2) is 39.9 Å². The monoisotopic (exact) mass is 946 g/mol. The van der Waals surface area contributed by atoms with Gasteiger partial charge < -0.3 is 28.9 Å². The summed E-state index contributed by atoms with van der Waals surface area (Å²) in [5.74, 6) is 6.89. The smallest absolute Gasteiger partial charge is 0.211 e. The lowest BCUT2D eigenvalue weighted by Crippen LogP contribution is -2.25. The first kappa shape index (κ1) is 42.2. The van der Waals surface area contributed by atoms with E-state index in [1.54, 1.807) is 0 Å². The van der Waals surface area contributed by atoms with Crippen molar-refractivity contribution >= 4 is 44.1 Å². The number of hydrogen-bond donors (Lipinski definition) is 2. The Kier molecular flexibility index (Phi) is 9.91. The molecule has 2 aliphatic rings. The van der Waals surface area contributed by atoms with Crippen LogP contribution in [0.2, 0.25) is 0 Å². The maximum Gasteiger partial charge on any atom is 0.211 e. The zero-order chi connectivity index (χ0) is 48.5. The predicted molar refractivity (Wildman–Crippen MR) is 267 cm³/mol. The zero-order valence-corrected chi connectivity index (χ0v) is 39.3. The molecule has 9 heterocycles. The van der Waals surface area contributed by atoms with Crippen molar-refractivity contribution in [1.29, 1.82) is 0 Å². The van der Waals surface area contributed by atoms with Gasteiger partial charge in [-0.05, 0) is 97.1 Å². The Bertz CT molecular complexity index is 3940. The maximum absolute atomic E-state index is 6.41. The van der Waals surface area contributed by atoms with E-state index in [-0.39, 0.29) is 0 Å². The average Bonchev–Trinajstić information content (AvgIpc) is 4.09. The zero-order valence-electron chi connectivity index (χ0n) is 39.3. The molecule has 13 rings (SSSR count). The summed E-state index contributed by atoms with van der Waals surface area (Å²) in [5.41, 5.74) is 5.04. The summed E-state index contributed by atoms with van der Waals surface area (Å²) < 4.78 is 33.4. The minimum atomic E-state index is 0.423. The molecule has 7 aromatic heterocycles. The SMILES string of the molecule is C[n+]1cccc(Oc2ccc3c(c2)-c2nc-3nc3[nH]c(nc4nc(nc5[nH]c(n2)c2ccc(Oc6ccc[n+](C)c6)cc52)-c2ccc(Oc5ccc[n+](C)c5)cc2-4)c2ccc(Oc4ccc[n+](C)c4)cc32)c1. The molecule has 16 nitrogen and oxygen atoms in total. The van der Waals surface area contributed by atoms with E-state index in [4.69, 9.17) is 48.9 Å². The van der Waals surface area contributed by atoms with Crippen molar-refractivity contribution in [3.8, 4) is 91.5 Å². The number of fused-ring (bicyclic) bond motifs is 20. The van der Waals surface area contributed by atoms with Crippen LogP contribution in [0.15, 0.2) is 171 Å². The van der Waals surface area contributed by atoms with Gasteiger partial charge in [0.05, 0.1) is 0 Å². The Morgan fingerprint density at radius 2 is 0.611 bits per heavy atom. The minimum absolute atomic E-state index is 0.423. The standard InChI is InChI=1S/C56H42N12O4/c1-65-21-5-9-37(29-65)69-33-13-17-41-45(25-33)53-57-49(41)62-54-47-27-35(71-39-11-7-23-67(3)31-39)15-19-43(47)51(59-54)64-56-48-28-36(72-40-12-8-24-68(4)32-40)16-20-44(48)52(60-56)63-55-46-26-34(14-18-42(46)50(58-55)61-53)70-38-10-6-22-66(2)30-38/h5-32H,1-4H3,(H2,57,58,59,60,61,62,63,64)/q+4. The number of ether oxygens (including phenoxy) is 4. The normalized spacial score (nSPS) is 11.6. The third-order valence-corrected chi connectivity index (χ3v) is 12.3. The summed E-state index contributed by atoms with van der Waals surface area (Å²) in [7, 11) is 7.81. The molecule has 11 aromatic rings. The molecule has 0 amide bonds. The number of benzene rings is 4. The van der Waals surface area contributed by atoms with Crippen LogP contribution in [0.1, 0.15) is 0 Å². The number of nitrogens with one attached hydrogen (secondary N) is 2. The lowest BCUT2D eigenvalue weighted by Gasteiger charge is -2.06. The van der Waals surface area contributed by atoms with E-state index in [0.29, 0.717) is 91.9 Å². The van der Waals surface area contributed by atoms with Crippen LogP contribution in [0, 0.1) is 0 Å². The van der Waals surface area contributed by atoms with Crippen molar-refractivity contribution in [3.63, 3.8) is 0 Å². The van der Waals surface area contributed by atoms with Crippen LogP contribution in [0.25, 0.3) is 89.7 Å². The van der Waals surface area contributed by atoms with Crippen molar-refractivity contribution < 1.29 is 37.2 Å². The molecule has 346 valence electrons. The molecule has 2 N–H and O–H groups in total. The Hall–Kier alpha value is -9.96. The lowest BCUT2D eigenvalue weighted by atomic mass is 10.1. The number of nitrogens with zero attached hydrogens (tertiary/aromatic N) is 10. The summed E-state index contributed by atoms with van der Waals surface area (Å²) in [5, 5.41) is 3.08. The van der Waals surface area contributed by atoms with E-state index >= 15 is 0 Å². The summed E-state index contributed by atoms with van der Waals surface area (Å²) >= 11 is 0. The Balaban J connectivity index is 1.07. The first-order valence-electron chi connectivity index (χ1n) is 23.1. The molecule has 0 unspecified atom stereocenters. The van der Waals surface area contributed by atoms with E-state index in [1.807, 2.05) is 217 Å². The summed E-state index contributed by atoms with van der Waals surface area (Å²) in [6.07, 6.45) is 15.5. The second kappa shape index (κ2) is 16.9. The number of aryl methyl sites for hydroxylation is 4. The van der Waals surface area contributed by atoms with E-state index in [9.17, 15) is 0 Å². The third kappa shape index (κ3) is 7.97. The Morgan fingerprint density at radius 1 is 0.306 bits per heavy atom. The largest absolute Gasteiger partial charge is 0.451 e. The Labute approximate surface area is 410 Å². The highest BCUT2D eigenvalue weighted by atomic mass is 16.5. The third-order valence-electron chi connectivity index (χ3n) is 12.3.